The predicted octanol–water partition coefficient (Wildman–Crippen LogP) is 4.98. The van der Waals surface area contributed by atoms with Crippen molar-refractivity contribution in [2.75, 3.05) is 10.6 Å². The Hall–Kier alpha value is -4.19. The fraction of sp³-hybridized carbons (Fsp3) is 0.0800. The normalized spacial score (nSPS) is 10.6. The van der Waals surface area contributed by atoms with E-state index in [1.807, 2.05) is 13.0 Å². The molecule has 0 aliphatic heterocycles. The Morgan fingerprint density at radius 3 is 2.10 bits per heavy atom. The third kappa shape index (κ3) is 4.53. The van der Waals surface area contributed by atoms with Gasteiger partial charge in [-0.1, -0.05) is 23.8 Å². The Kier molecular flexibility index (Phi) is 5.37. The van der Waals surface area contributed by atoms with E-state index in [0.717, 1.165) is 5.56 Å². The number of amides is 2. The second kappa shape index (κ2) is 8.28. The van der Waals surface area contributed by atoms with E-state index in [-0.39, 0.29) is 17.2 Å². The lowest BCUT2D eigenvalue weighted by Gasteiger charge is -2.08. The molecule has 3 aromatic carbocycles. The second-order valence-electron chi connectivity index (χ2n) is 7.26. The average molecular weight is 412 g/mol. The summed E-state index contributed by atoms with van der Waals surface area (Å²) in [4.78, 5) is 36.1. The lowest BCUT2D eigenvalue weighted by molar-refractivity contribution is -0.114. The summed E-state index contributed by atoms with van der Waals surface area (Å²) in [5, 5.41) is 6.03. The van der Waals surface area contributed by atoms with Gasteiger partial charge in [0.25, 0.3) is 5.91 Å². The summed E-state index contributed by atoms with van der Waals surface area (Å²) in [6, 6.07) is 20.6. The molecule has 0 bridgehead atoms. The van der Waals surface area contributed by atoms with Crippen LogP contribution >= 0.6 is 0 Å². The van der Waals surface area contributed by atoms with Gasteiger partial charge in [-0.25, -0.2) is 0 Å². The minimum Gasteiger partial charge on any atom is -0.456 e. The molecule has 154 valence electrons. The Bertz CT molecular complexity index is 1340. The number of nitrogens with one attached hydrogen (secondary N) is 2. The topological polar surface area (TPSA) is 88.4 Å². The fourth-order valence-corrected chi connectivity index (χ4v) is 3.24. The monoisotopic (exact) mass is 412 g/mol. The highest BCUT2D eigenvalue weighted by atomic mass is 16.3. The number of anilines is 2. The van der Waals surface area contributed by atoms with Crippen LogP contribution in [0.15, 0.2) is 82.0 Å². The average Bonchev–Trinajstić information content (AvgIpc) is 2.75. The summed E-state index contributed by atoms with van der Waals surface area (Å²) >= 11 is 0. The van der Waals surface area contributed by atoms with Crippen molar-refractivity contribution in [1.82, 2.24) is 0 Å². The zero-order chi connectivity index (χ0) is 22.0. The third-order valence-electron chi connectivity index (χ3n) is 4.78. The van der Waals surface area contributed by atoms with Crippen molar-refractivity contribution in [3.8, 4) is 11.3 Å². The van der Waals surface area contributed by atoms with Gasteiger partial charge in [0, 0.05) is 35.5 Å². The molecule has 1 heterocycles. The molecular formula is C25H20N2O4. The minimum atomic E-state index is -0.269. The standard InChI is InChI=1S/C25H20N2O4/c1-15-3-12-23-21(13-15)22(29)14-24(31-23)17-4-6-18(7-5-17)25(30)27-20-10-8-19(9-11-20)26-16(2)28/h3-14H,1-2H3,(H,26,28)(H,27,30). The van der Waals surface area contributed by atoms with Crippen LogP contribution in [0.25, 0.3) is 22.3 Å². The van der Waals surface area contributed by atoms with Gasteiger partial charge in [0.1, 0.15) is 11.3 Å². The van der Waals surface area contributed by atoms with Crippen LogP contribution in [0.5, 0.6) is 0 Å². The lowest BCUT2D eigenvalue weighted by atomic mass is 10.1. The van der Waals surface area contributed by atoms with E-state index in [1.165, 1.54) is 13.0 Å². The first kappa shape index (κ1) is 20.1. The molecule has 0 radical (unpaired) electrons. The molecule has 4 rings (SSSR count). The van der Waals surface area contributed by atoms with Gasteiger partial charge in [0.2, 0.25) is 5.91 Å². The fourth-order valence-electron chi connectivity index (χ4n) is 3.24. The van der Waals surface area contributed by atoms with Crippen LogP contribution in [-0.2, 0) is 4.79 Å². The number of carbonyl (C=O) groups excluding carboxylic acids is 2. The number of aryl methyl sites for hydroxylation is 1. The summed E-state index contributed by atoms with van der Waals surface area (Å²) < 4.78 is 5.89. The molecule has 4 aromatic rings. The van der Waals surface area contributed by atoms with Crippen molar-refractivity contribution >= 4 is 34.2 Å². The molecular weight excluding hydrogens is 392 g/mol. The van der Waals surface area contributed by atoms with Gasteiger partial charge < -0.3 is 15.1 Å². The molecule has 1 aromatic heterocycles. The smallest absolute Gasteiger partial charge is 0.255 e. The molecule has 0 aliphatic rings. The maximum atomic E-state index is 12.5. The van der Waals surface area contributed by atoms with Crippen LogP contribution < -0.4 is 16.1 Å². The highest BCUT2D eigenvalue weighted by Crippen LogP contribution is 2.23. The van der Waals surface area contributed by atoms with E-state index in [2.05, 4.69) is 10.6 Å². The summed E-state index contributed by atoms with van der Waals surface area (Å²) in [5.41, 5.74) is 3.85. The SMILES string of the molecule is CC(=O)Nc1ccc(NC(=O)c2ccc(-c3cc(=O)c4cc(C)ccc4o3)cc2)cc1. The van der Waals surface area contributed by atoms with Gasteiger partial charge in [-0.05, 0) is 55.5 Å². The summed E-state index contributed by atoms with van der Waals surface area (Å²) in [5.74, 6) is 0.0189. The van der Waals surface area contributed by atoms with E-state index in [9.17, 15) is 14.4 Å². The van der Waals surface area contributed by atoms with Crippen molar-refractivity contribution in [3.05, 3.63) is 94.1 Å². The highest BCUT2D eigenvalue weighted by Gasteiger charge is 2.10. The van der Waals surface area contributed by atoms with Crippen molar-refractivity contribution < 1.29 is 14.0 Å². The molecule has 0 aliphatic carbocycles. The molecule has 0 unspecified atom stereocenters. The van der Waals surface area contributed by atoms with Crippen molar-refractivity contribution in [2.45, 2.75) is 13.8 Å². The Morgan fingerprint density at radius 1 is 0.806 bits per heavy atom. The zero-order valence-electron chi connectivity index (χ0n) is 17.1. The van der Waals surface area contributed by atoms with Crippen molar-refractivity contribution in [2.24, 2.45) is 0 Å². The molecule has 0 saturated carbocycles. The van der Waals surface area contributed by atoms with Gasteiger partial charge >= 0.3 is 0 Å². The van der Waals surface area contributed by atoms with E-state index in [4.69, 9.17) is 4.42 Å². The molecule has 0 spiro atoms. The van der Waals surface area contributed by atoms with E-state index < -0.39 is 0 Å². The van der Waals surface area contributed by atoms with Crippen LogP contribution in [0.4, 0.5) is 11.4 Å². The highest BCUT2D eigenvalue weighted by molar-refractivity contribution is 6.04. The molecule has 0 fully saturated rings. The van der Waals surface area contributed by atoms with Crippen LogP contribution in [0.3, 0.4) is 0 Å². The van der Waals surface area contributed by atoms with Crippen molar-refractivity contribution in [1.29, 1.82) is 0 Å². The second-order valence-corrected chi connectivity index (χ2v) is 7.26. The number of carbonyl (C=O) groups is 2. The predicted molar refractivity (Wildman–Crippen MR) is 121 cm³/mol. The number of hydrogen-bond acceptors (Lipinski definition) is 4. The summed E-state index contributed by atoms with van der Waals surface area (Å²) in [6.45, 7) is 3.36. The summed E-state index contributed by atoms with van der Waals surface area (Å²) in [7, 11) is 0. The first-order chi connectivity index (χ1) is 14.9. The first-order valence-corrected chi connectivity index (χ1v) is 9.73. The van der Waals surface area contributed by atoms with Gasteiger partial charge in [0.15, 0.2) is 5.43 Å². The van der Waals surface area contributed by atoms with E-state index in [0.29, 0.717) is 39.2 Å². The number of rotatable bonds is 4. The zero-order valence-corrected chi connectivity index (χ0v) is 17.1. The molecule has 31 heavy (non-hydrogen) atoms. The minimum absolute atomic E-state index is 0.107. The molecule has 0 atom stereocenters. The number of hydrogen-bond donors (Lipinski definition) is 2. The van der Waals surface area contributed by atoms with E-state index >= 15 is 0 Å². The van der Waals surface area contributed by atoms with Crippen LogP contribution in [0, 0.1) is 6.92 Å². The Morgan fingerprint density at radius 2 is 1.45 bits per heavy atom. The quantitative estimate of drug-likeness (QED) is 0.495. The Balaban J connectivity index is 1.52. The van der Waals surface area contributed by atoms with E-state index in [1.54, 1.807) is 60.7 Å². The summed E-state index contributed by atoms with van der Waals surface area (Å²) in [6.07, 6.45) is 0. The van der Waals surface area contributed by atoms with Crippen LogP contribution in [0.1, 0.15) is 22.8 Å². The van der Waals surface area contributed by atoms with Gasteiger partial charge in [-0.2, -0.15) is 0 Å². The van der Waals surface area contributed by atoms with Crippen LogP contribution in [-0.4, -0.2) is 11.8 Å². The lowest BCUT2D eigenvalue weighted by Crippen LogP contribution is -2.12. The number of benzene rings is 3. The van der Waals surface area contributed by atoms with Gasteiger partial charge in [-0.15, -0.1) is 0 Å². The van der Waals surface area contributed by atoms with Crippen molar-refractivity contribution in [3.63, 3.8) is 0 Å². The Labute approximate surface area is 178 Å². The molecule has 2 amide bonds. The maximum Gasteiger partial charge on any atom is 0.255 e. The van der Waals surface area contributed by atoms with Gasteiger partial charge in [0.05, 0.1) is 5.39 Å². The van der Waals surface area contributed by atoms with Gasteiger partial charge in [-0.3, -0.25) is 14.4 Å². The molecule has 6 heteroatoms. The molecule has 6 nitrogen and oxygen atoms in total. The third-order valence-corrected chi connectivity index (χ3v) is 4.78. The largest absolute Gasteiger partial charge is 0.456 e. The number of fused-ring (bicyclic) bond motifs is 1. The van der Waals surface area contributed by atoms with Crippen LogP contribution in [0.2, 0.25) is 0 Å². The molecule has 2 N–H and O–H groups in total. The first-order valence-electron chi connectivity index (χ1n) is 9.73. The molecule has 0 saturated heterocycles. The maximum absolute atomic E-state index is 12.5.